The molecule has 1 aliphatic heterocycles. The molecule has 30 heavy (non-hydrogen) atoms. The number of likely N-dealkylation sites (tertiary alicyclic amines) is 1. The summed E-state index contributed by atoms with van der Waals surface area (Å²) < 4.78 is 0. The minimum Gasteiger partial charge on any atom is -0.356 e. The maximum Gasteiger partial charge on any atom is 0.224 e. The number of hydrogen-bond donors (Lipinski definition) is 1. The minimum absolute atomic E-state index is 0.0138. The van der Waals surface area contributed by atoms with Crippen molar-refractivity contribution < 1.29 is 9.59 Å². The highest BCUT2D eigenvalue weighted by Gasteiger charge is 2.20. The molecule has 0 bridgehead atoms. The lowest BCUT2D eigenvalue weighted by Gasteiger charge is -2.17. The summed E-state index contributed by atoms with van der Waals surface area (Å²) in [4.78, 5) is 31.1. The monoisotopic (exact) mass is 401 g/mol. The minimum atomic E-state index is -0.0138. The third-order valence-corrected chi connectivity index (χ3v) is 5.70. The van der Waals surface area contributed by atoms with Crippen molar-refractivity contribution in [1.82, 2.24) is 15.2 Å². The smallest absolute Gasteiger partial charge is 0.224 e. The first kappa shape index (κ1) is 20.1. The van der Waals surface area contributed by atoms with Crippen molar-refractivity contribution in [2.24, 2.45) is 0 Å². The van der Waals surface area contributed by atoms with Crippen molar-refractivity contribution in [2.75, 3.05) is 19.6 Å². The van der Waals surface area contributed by atoms with Crippen LogP contribution in [0, 0.1) is 6.92 Å². The van der Waals surface area contributed by atoms with E-state index in [0.717, 1.165) is 52.7 Å². The van der Waals surface area contributed by atoms with Gasteiger partial charge in [0.05, 0.1) is 11.9 Å². The molecule has 1 saturated heterocycles. The van der Waals surface area contributed by atoms with Gasteiger partial charge in [0.2, 0.25) is 11.8 Å². The maximum atomic E-state index is 12.7. The Hall–Kier alpha value is -3.21. The number of fused-ring (bicyclic) bond motifs is 1. The van der Waals surface area contributed by atoms with Crippen molar-refractivity contribution in [3.63, 3.8) is 0 Å². The van der Waals surface area contributed by atoms with Crippen LogP contribution < -0.4 is 5.32 Å². The molecule has 2 amide bonds. The van der Waals surface area contributed by atoms with Crippen LogP contribution in [0.4, 0.5) is 0 Å². The molecule has 0 unspecified atom stereocenters. The molecule has 0 saturated carbocycles. The van der Waals surface area contributed by atoms with Crippen molar-refractivity contribution in [3.8, 4) is 11.1 Å². The number of benzene rings is 2. The molecule has 0 radical (unpaired) electrons. The number of para-hydroxylation sites is 1. The summed E-state index contributed by atoms with van der Waals surface area (Å²) in [5.41, 5.74) is 4.96. The van der Waals surface area contributed by atoms with Gasteiger partial charge in [-0.2, -0.15) is 0 Å². The van der Waals surface area contributed by atoms with Crippen LogP contribution >= 0.6 is 0 Å². The summed E-state index contributed by atoms with van der Waals surface area (Å²) in [7, 11) is 0. The average Bonchev–Trinajstić information content (AvgIpc) is 3.17. The molecule has 2 aromatic carbocycles. The Morgan fingerprint density at radius 3 is 2.63 bits per heavy atom. The highest BCUT2D eigenvalue weighted by molar-refractivity contribution is 5.98. The van der Waals surface area contributed by atoms with Crippen LogP contribution in [0.15, 0.2) is 54.6 Å². The van der Waals surface area contributed by atoms with Gasteiger partial charge in [-0.05, 0) is 42.5 Å². The van der Waals surface area contributed by atoms with Crippen molar-refractivity contribution in [1.29, 1.82) is 0 Å². The van der Waals surface area contributed by atoms with Gasteiger partial charge in [0, 0.05) is 37.1 Å². The fourth-order valence-corrected chi connectivity index (χ4v) is 4.19. The lowest BCUT2D eigenvalue weighted by Crippen LogP contribution is -2.31. The Labute approximate surface area is 177 Å². The van der Waals surface area contributed by atoms with Crippen LogP contribution in [0.25, 0.3) is 22.0 Å². The summed E-state index contributed by atoms with van der Waals surface area (Å²) >= 11 is 0. The summed E-state index contributed by atoms with van der Waals surface area (Å²) in [6, 6.07) is 18.3. The summed E-state index contributed by atoms with van der Waals surface area (Å²) in [5, 5.41) is 4.08. The number of aryl methyl sites for hydroxylation is 1. The van der Waals surface area contributed by atoms with E-state index in [4.69, 9.17) is 4.98 Å². The fraction of sp³-hybridized carbons (Fsp3) is 0.320. The molecule has 4 rings (SSSR count). The van der Waals surface area contributed by atoms with Gasteiger partial charge in [0.15, 0.2) is 0 Å². The van der Waals surface area contributed by atoms with Crippen molar-refractivity contribution >= 4 is 22.7 Å². The zero-order valence-corrected chi connectivity index (χ0v) is 17.4. The van der Waals surface area contributed by atoms with Crippen LogP contribution in [0.2, 0.25) is 0 Å². The number of hydrogen-bond acceptors (Lipinski definition) is 3. The molecule has 3 aromatic rings. The van der Waals surface area contributed by atoms with Crippen LogP contribution in [0.5, 0.6) is 0 Å². The first-order valence-corrected chi connectivity index (χ1v) is 10.6. The number of carbonyl (C=O) groups is 2. The molecule has 0 atom stereocenters. The van der Waals surface area contributed by atoms with Crippen molar-refractivity contribution in [3.05, 3.63) is 65.9 Å². The van der Waals surface area contributed by atoms with Gasteiger partial charge < -0.3 is 10.2 Å². The Morgan fingerprint density at radius 2 is 1.87 bits per heavy atom. The van der Waals surface area contributed by atoms with Gasteiger partial charge in [0.1, 0.15) is 0 Å². The Balaban J connectivity index is 1.51. The second-order valence-corrected chi connectivity index (χ2v) is 7.80. The van der Waals surface area contributed by atoms with Crippen LogP contribution in [0.3, 0.4) is 0 Å². The van der Waals surface area contributed by atoms with Crippen molar-refractivity contribution in [2.45, 2.75) is 32.6 Å². The lowest BCUT2D eigenvalue weighted by molar-refractivity contribution is -0.127. The van der Waals surface area contributed by atoms with E-state index in [1.165, 1.54) is 0 Å². The molecule has 1 N–H and O–H groups in total. The van der Waals surface area contributed by atoms with Crippen LogP contribution in [0.1, 0.15) is 30.5 Å². The maximum absolute atomic E-state index is 12.7. The lowest BCUT2D eigenvalue weighted by atomic mass is 9.92. The molecule has 5 nitrogen and oxygen atoms in total. The predicted octanol–water partition coefficient (Wildman–Crippen LogP) is 3.88. The second kappa shape index (κ2) is 9.08. The summed E-state index contributed by atoms with van der Waals surface area (Å²) in [6.45, 7) is 4.10. The van der Waals surface area contributed by atoms with Gasteiger partial charge in [-0.25, -0.2) is 0 Å². The first-order valence-electron chi connectivity index (χ1n) is 10.6. The Kier molecular flexibility index (Phi) is 6.07. The highest BCUT2D eigenvalue weighted by Crippen LogP contribution is 2.33. The van der Waals surface area contributed by atoms with Gasteiger partial charge in [-0.3, -0.25) is 14.6 Å². The number of aromatic nitrogens is 1. The molecular weight excluding hydrogens is 374 g/mol. The first-order chi connectivity index (χ1) is 14.6. The molecule has 2 heterocycles. The van der Waals surface area contributed by atoms with E-state index >= 15 is 0 Å². The molecule has 0 spiro atoms. The normalized spacial score (nSPS) is 13.8. The van der Waals surface area contributed by atoms with E-state index in [1.54, 1.807) is 0 Å². The molecular formula is C25H27N3O2. The fourth-order valence-electron chi connectivity index (χ4n) is 4.19. The quantitative estimate of drug-likeness (QED) is 0.611. The topological polar surface area (TPSA) is 62.3 Å². The van der Waals surface area contributed by atoms with E-state index in [9.17, 15) is 9.59 Å². The van der Waals surface area contributed by atoms with E-state index < -0.39 is 0 Å². The highest BCUT2D eigenvalue weighted by atomic mass is 16.2. The standard InChI is InChI=1S/C25H27N3O2/c1-18-21(17-23(29)26-14-8-16-28-15-7-13-24(28)30)25(19-9-3-2-4-10-19)20-11-5-6-12-22(20)27-18/h2-6,9-12H,7-8,13-17H2,1H3,(H,26,29). The Morgan fingerprint density at radius 1 is 1.10 bits per heavy atom. The molecule has 1 fully saturated rings. The SMILES string of the molecule is Cc1nc2ccccc2c(-c2ccccc2)c1CC(=O)NCCCN1CCCC1=O. The van der Waals surface area contributed by atoms with E-state index in [-0.39, 0.29) is 18.2 Å². The molecule has 5 heteroatoms. The summed E-state index contributed by atoms with van der Waals surface area (Å²) in [6.07, 6.45) is 2.67. The number of carbonyl (C=O) groups excluding carboxylic acids is 2. The predicted molar refractivity (Wildman–Crippen MR) is 119 cm³/mol. The van der Waals surface area contributed by atoms with Gasteiger partial charge in [0.25, 0.3) is 0 Å². The number of nitrogens with zero attached hydrogens (tertiary/aromatic N) is 2. The van der Waals surface area contributed by atoms with Gasteiger partial charge in [-0.15, -0.1) is 0 Å². The molecule has 0 aliphatic carbocycles. The molecule has 1 aliphatic rings. The zero-order chi connectivity index (χ0) is 20.9. The van der Waals surface area contributed by atoms with Crippen LogP contribution in [-0.2, 0) is 16.0 Å². The molecule has 1 aromatic heterocycles. The number of rotatable bonds is 7. The van der Waals surface area contributed by atoms with Gasteiger partial charge >= 0.3 is 0 Å². The van der Waals surface area contributed by atoms with E-state index in [1.807, 2.05) is 48.2 Å². The Bertz CT molecular complexity index is 1060. The molecule has 154 valence electrons. The van der Waals surface area contributed by atoms with Gasteiger partial charge in [-0.1, -0.05) is 48.5 Å². The number of amides is 2. The number of pyridine rings is 1. The number of nitrogens with one attached hydrogen (secondary N) is 1. The third-order valence-electron chi connectivity index (χ3n) is 5.70. The average molecular weight is 402 g/mol. The third kappa shape index (κ3) is 4.35. The second-order valence-electron chi connectivity index (χ2n) is 7.80. The largest absolute Gasteiger partial charge is 0.356 e. The summed E-state index contributed by atoms with van der Waals surface area (Å²) in [5.74, 6) is 0.215. The van der Waals surface area contributed by atoms with Crippen LogP contribution in [-0.4, -0.2) is 41.3 Å². The zero-order valence-electron chi connectivity index (χ0n) is 17.4. The van der Waals surface area contributed by atoms with E-state index in [2.05, 4.69) is 23.5 Å². The van der Waals surface area contributed by atoms with E-state index in [0.29, 0.717) is 19.5 Å².